The highest BCUT2D eigenvalue weighted by Crippen LogP contribution is 2.20. The molecule has 7 nitrogen and oxygen atoms in total. The van der Waals surface area contributed by atoms with Crippen LogP contribution in [-0.2, 0) is 15.0 Å². The molecule has 0 bridgehead atoms. The van der Waals surface area contributed by atoms with E-state index < -0.39 is 10.2 Å². The number of amides is 1. The maximum Gasteiger partial charge on any atom is 0.281 e. The second-order valence-corrected chi connectivity index (χ2v) is 7.35. The summed E-state index contributed by atoms with van der Waals surface area (Å²) in [7, 11) is -0.303. The van der Waals surface area contributed by atoms with Crippen molar-refractivity contribution in [2.45, 2.75) is 18.9 Å². The average Bonchev–Trinajstić information content (AvgIpc) is 2.39. The molecule has 1 N–H and O–H groups in total. The smallest absolute Gasteiger partial charge is 0.281 e. The van der Waals surface area contributed by atoms with Gasteiger partial charge in [0.15, 0.2) is 0 Å². The van der Waals surface area contributed by atoms with Crippen LogP contribution >= 0.6 is 12.4 Å². The molecule has 0 saturated carbocycles. The predicted octanol–water partition coefficient (Wildman–Crippen LogP) is -0.889. The second-order valence-electron chi connectivity index (χ2n) is 5.21. The van der Waals surface area contributed by atoms with Gasteiger partial charge in [0.05, 0.1) is 6.54 Å². The summed E-state index contributed by atoms with van der Waals surface area (Å²) in [4.78, 5) is 13.7. The summed E-state index contributed by atoms with van der Waals surface area (Å²) in [5, 5.41) is 3.03. The summed E-state index contributed by atoms with van der Waals surface area (Å²) < 4.78 is 27.0. The van der Waals surface area contributed by atoms with Gasteiger partial charge in [-0.2, -0.15) is 17.0 Å². The normalized spacial score (nSPS) is 25.6. The number of piperidine rings is 1. The van der Waals surface area contributed by atoms with Crippen molar-refractivity contribution in [2.75, 3.05) is 46.8 Å². The first-order valence-corrected chi connectivity index (χ1v) is 8.00. The van der Waals surface area contributed by atoms with Crippen molar-refractivity contribution in [2.24, 2.45) is 0 Å². The van der Waals surface area contributed by atoms with Gasteiger partial charge in [0.25, 0.3) is 10.2 Å². The third kappa shape index (κ3) is 3.62. The minimum Gasteiger partial charge on any atom is -0.336 e. The highest BCUT2D eigenvalue weighted by molar-refractivity contribution is 7.86. The Morgan fingerprint density at radius 1 is 1.30 bits per heavy atom. The van der Waals surface area contributed by atoms with E-state index in [-0.39, 0.29) is 24.4 Å². The molecule has 9 heteroatoms. The molecule has 0 aromatic heterocycles. The Morgan fingerprint density at radius 2 is 2.00 bits per heavy atom. The Bertz CT molecular complexity index is 443. The molecular weight excluding hydrogens is 304 g/mol. The van der Waals surface area contributed by atoms with Gasteiger partial charge in [0.2, 0.25) is 5.91 Å². The largest absolute Gasteiger partial charge is 0.336 e. The van der Waals surface area contributed by atoms with E-state index in [0.717, 1.165) is 19.4 Å². The molecule has 2 saturated heterocycles. The number of carbonyl (C=O) groups excluding carboxylic acids is 1. The van der Waals surface area contributed by atoms with Crippen molar-refractivity contribution < 1.29 is 13.2 Å². The second kappa shape index (κ2) is 7.04. The van der Waals surface area contributed by atoms with E-state index in [1.807, 2.05) is 4.90 Å². The van der Waals surface area contributed by atoms with Gasteiger partial charge < -0.3 is 10.2 Å². The number of nitrogens with zero attached hydrogens (tertiary/aromatic N) is 3. The van der Waals surface area contributed by atoms with E-state index in [2.05, 4.69) is 5.32 Å². The average molecular weight is 327 g/mol. The van der Waals surface area contributed by atoms with E-state index in [1.165, 1.54) is 22.7 Å². The molecule has 2 rings (SSSR count). The Hall–Kier alpha value is -0.410. The first kappa shape index (κ1) is 17.6. The number of carbonyl (C=O) groups is 1. The predicted molar refractivity (Wildman–Crippen MR) is 79.0 cm³/mol. The summed E-state index contributed by atoms with van der Waals surface area (Å²) >= 11 is 0. The van der Waals surface area contributed by atoms with Crippen molar-refractivity contribution >= 4 is 28.5 Å². The van der Waals surface area contributed by atoms with Crippen LogP contribution in [0.4, 0.5) is 0 Å². The van der Waals surface area contributed by atoms with E-state index in [4.69, 9.17) is 0 Å². The molecule has 0 aromatic rings. The van der Waals surface area contributed by atoms with Gasteiger partial charge in [-0.3, -0.25) is 4.79 Å². The van der Waals surface area contributed by atoms with Gasteiger partial charge in [-0.15, -0.1) is 12.4 Å². The van der Waals surface area contributed by atoms with Crippen LogP contribution in [0, 0.1) is 0 Å². The zero-order valence-corrected chi connectivity index (χ0v) is 13.5. The standard InChI is InChI=1S/C11H22N4O3S.ClH/c1-13(2)19(17,18)14-6-3-4-10(9-14)15-7-5-12-8-11(15)16;/h10,12H,3-9H2,1-2H3;1H. The SMILES string of the molecule is CN(C)S(=O)(=O)N1CCCC(N2CCNCC2=O)C1.Cl. The number of rotatable bonds is 3. The number of hydrogen-bond acceptors (Lipinski definition) is 4. The molecule has 0 radical (unpaired) electrons. The van der Waals surface area contributed by atoms with E-state index in [0.29, 0.717) is 26.2 Å². The van der Waals surface area contributed by atoms with Crippen LogP contribution in [0.5, 0.6) is 0 Å². The first-order chi connectivity index (χ1) is 8.93. The van der Waals surface area contributed by atoms with Crippen molar-refractivity contribution in [3.8, 4) is 0 Å². The van der Waals surface area contributed by atoms with Gasteiger partial charge in [-0.25, -0.2) is 0 Å². The summed E-state index contributed by atoms with van der Waals surface area (Å²) in [5.74, 6) is 0.0698. The molecule has 20 heavy (non-hydrogen) atoms. The van der Waals surface area contributed by atoms with E-state index >= 15 is 0 Å². The van der Waals surface area contributed by atoms with Gasteiger partial charge in [-0.1, -0.05) is 0 Å². The fourth-order valence-electron chi connectivity index (χ4n) is 2.62. The highest BCUT2D eigenvalue weighted by atomic mass is 35.5. The maximum atomic E-state index is 12.1. The molecule has 1 amide bonds. The Balaban J connectivity index is 0.00000200. The Kier molecular flexibility index (Phi) is 6.21. The number of piperazine rings is 1. The lowest BCUT2D eigenvalue weighted by molar-refractivity contribution is -0.135. The summed E-state index contributed by atoms with van der Waals surface area (Å²) in [5.41, 5.74) is 0. The number of nitrogens with one attached hydrogen (secondary N) is 1. The zero-order chi connectivity index (χ0) is 14.0. The van der Waals surface area contributed by atoms with Gasteiger partial charge in [0, 0.05) is 46.3 Å². The molecule has 2 fully saturated rings. The fraction of sp³-hybridized carbons (Fsp3) is 0.909. The lowest BCUT2D eigenvalue weighted by Gasteiger charge is -2.41. The molecule has 1 unspecified atom stereocenters. The quantitative estimate of drug-likeness (QED) is 0.730. The third-order valence-electron chi connectivity index (χ3n) is 3.71. The molecule has 2 aliphatic heterocycles. The van der Waals surface area contributed by atoms with Crippen molar-refractivity contribution in [1.82, 2.24) is 18.8 Å². The molecular formula is C11H23ClN4O3S. The fourth-order valence-corrected chi connectivity index (χ4v) is 3.81. The van der Waals surface area contributed by atoms with Gasteiger partial charge >= 0.3 is 0 Å². The van der Waals surface area contributed by atoms with E-state index in [1.54, 1.807) is 0 Å². The minimum absolute atomic E-state index is 0. The zero-order valence-electron chi connectivity index (χ0n) is 11.9. The topological polar surface area (TPSA) is 73.0 Å². The summed E-state index contributed by atoms with van der Waals surface area (Å²) in [6.07, 6.45) is 1.68. The summed E-state index contributed by atoms with van der Waals surface area (Å²) in [6.45, 7) is 2.75. The van der Waals surface area contributed by atoms with E-state index in [9.17, 15) is 13.2 Å². The van der Waals surface area contributed by atoms with Crippen molar-refractivity contribution in [3.63, 3.8) is 0 Å². The Labute approximate surface area is 126 Å². The monoisotopic (exact) mass is 326 g/mol. The highest BCUT2D eigenvalue weighted by Gasteiger charge is 2.35. The lowest BCUT2D eigenvalue weighted by atomic mass is 10.1. The summed E-state index contributed by atoms with van der Waals surface area (Å²) in [6, 6.07) is 0.0121. The molecule has 1 atom stereocenters. The van der Waals surface area contributed by atoms with Crippen LogP contribution in [0.2, 0.25) is 0 Å². The molecule has 2 heterocycles. The third-order valence-corrected chi connectivity index (χ3v) is 5.62. The molecule has 2 aliphatic rings. The van der Waals surface area contributed by atoms with Crippen LogP contribution in [0.3, 0.4) is 0 Å². The van der Waals surface area contributed by atoms with Crippen LogP contribution < -0.4 is 5.32 Å². The minimum atomic E-state index is -3.38. The molecule has 0 aromatic carbocycles. The van der Waals surface area contributed by atoms with Crippen molar-refractivity contribution in [1.29, 1.82) is 0 Å². The van der Waals surface area contributed by atoms with Crippen molar-refractivity contribution in [3.05, 3.63) is 0 Å². The van der Waals surface area contributed by atoms with Crippen LogP contribution in [0.25, 0.3) is 0 Å². The number of hydrogen-bond donors (Lipinski definition) is 1. The van der Waals surface area contributed by atoms with Crippen LogP contribution in [-0.4, -0.2) is 80.7 Å². The van der Waals surface area contributed by atoms with Gasteiger partial charge in [-0.05, 0) is 12.8 Å². The maximum absolute atomic E-state index is 12.1. The molecule has 0 spiro atoms. The van der Waals surface area contributed by atoms with Gasteiger partial charge in [0.1, 0.15) is 0 Å². The lowest BCUT2D eigenvalue weighted by Crippen LogP contribution is -2.58. The molecule has 118 valence electrons. The first-order valence-electron chi connectivity index (χ1n) is 6.60. The molecule has 0 aliphatic carbocycles. The Morgan fingerprint density at radius 3 is 2.60 bits per heavy atom. The number of halogens is 1. The van der Waals surface area contributed by atoms with Crippen LogP contribution in [0.1, 0.15) is 12.8 Å². The van der Waals surface area contributed by atoms with Crippen LogP contribution in [0.15, 0.2) is 0 Å².